The monoisotopic (exact) mass is 271 g/mol. The minimum absolute atomic E-state index is 0.0328. The lowest BCUT2D eigenvalue weighted by molar-refractivity contribution is -0.119. The first kappa shape index (κ1) is 10.3. The first-order valence-electron chi connectivity index (χ1n) is 4.49. The Labute approximate surface area is 95.7 Å². The van der Waals surface area contributed by atoms with Gasteiger partial charge in [0.15, 0.2) is 11.5 Å². The first-order valence-corrected chi connectivity index (χ1v) is 5.28. The average Bonchev–Trinajstić information content (AvgIpc) is 2.65. The van der Waals surface area contributed by atoms with Gasteiger partial charge in [-0.05, 0) is 17.7 Å². The van der Waals surface area contributed by atoms with Crippen molar-refractivity contribution in [3.05, 3.63) is 22.2 Å². The standard InChI is InChI=1S/C10H10BrNO3/c1-12-10(13)3-6-2-8-9(4-7(6)11)15-5-14-8/h2,4H,3,5H2,1H3,(H,12,13). The van der Waals surface area contributed by atoms with Gasteiger partial charge in [0.05, 0.1) is 6.42 Å². The normalized spacial score (nSPS) is 12.7. The van der Waals surface area contributed by atoms with Crippen LogP contribution >= 0.6 is 15.9 Å². The van der Waals surface area contributed by atoms with E-state index in [1.165, 1.54) is 0 Å². The maximum Gasteiger partial charge on any atom is 0.231 e. The fourth-order valence-corrected chi connectivity index (χ4v) is 1.82. The van der Waals surface area contributed by atoms with Crippen LogP contribution in [0.1, 0.15) is 5.56 Å². The highest BCUT2D eigenvalue weighted by atomic mass is 79.9. The van der Waals surface area contributed by atoms with Crippen molar-refractivity contribution in [2.75, 3.05) is 13.8 Å². The Morgan fingerprint density at radius 3 is 2.80 bits per heavy atom. The molecule has 2 rings (SSSR count). The number of nitrogens with one attached hydrogen (secondary N) is 1. The van der Waals surface area contributed by atoms with Crippen molar-refractivity contribution in [3.8, 4) is 11.5 Å². The van der Waals surface area contributed by atoms with Gasteiger partial charge in [-0.3, -0.25) is 4.79 Å². The molecule has 1 heterocycles. The minimum Gasteiger partial charge on any atom is -0.454 e. The summed E-state index contributed by atoms with van der Waals surface area (Å²) in [5.74, 6) is 1.37. The van der Waals surface area contributed by atoms with Crippen LogP contribution in [0.3, 0.4) is 0 Å². The molecular weight excluding hydrogens is 262 g/mol. The number of hydrogen-bond acceptors (Lipinski definition) is 3. The molecule has 1 amide bonds. The van der Waals surface area contributed by atoms with Crippen LogP contribution < -0.4 is 14.8 Å². The van der Waals surface area contributed by atoms with Crippen LogP contribution in [0.15, 0.2) is 16.6 Å². The molecule has 0 aliphatic carbocycles. The molecule has 1 aromatic rings. The van der Waals surface area contributed by atoms with E-state index in [2.05, 4.69) is 21.2 Å². The molecule has 0 aromatic heterocycles. The summed E-state index contributed by atoms with van der Waals surface area (Å²) < 4.78 is 11.3. The molecule has 0 radical (unpaired) electrons. The van der Waals surface area contributed by atoms with Crippen molar-refractivity contribution in [2.45, 2.75) is 6.42 Å². The second-order valence-electron chi connectivity index (χ2n) is 3.15. The Balaban J connectivity index is 2.28. The molecule has 0 atom stereocenters. The third kappa shape index (κ3) is 2.07. The van der Waals surface area contributed by atoms with Crippen molar-refractivity contribution in [1.29, 1.82) is 0 Å². The summed E-state index contributed by atoms with van der Waals surface area (Å²) in [6.45, 7) is 0.241. The SMILES string of the molecule is CNC(=O)Cc1cc2c(cc1Br)OCO2. The van der Waals surface area contributed by atoms with Gasteiger partial charge in [0.25, 0.3) is 0 Å². The Bertz CT molecular complexity index is 406. The quantitative estimate of drug-likeness (QED) is 0.886. The van der Waals surface area contributed by atoms with Crippen molar-refractivity contribution in [3.63, 3.8) is 0 Å². The van der Waals surface area contributed by atoms with Gasteiger partial charge in [0.1, 0.15) is 0 Å². The minimum atomic E-state index is -0.0328. The zero-order valence-corrected chi connectivity index (χ0v) is 9.76. The van der Waals surface area contributed by atoms with Crippen LogP contribution in [-0.4, -0.2) is 19.7 Å². The number of fused-ring (bicyclic) bond motifs is 1. The van der Waals surface area contributed by atoms with E-state index in [4.69, 9.17) is 9.47 Å². The molecule has 5 heteroatoms. The van der Waals surface area contributed by atoms with E-state index in [1.54, 1.807) is 7.05 Å². The summed E-state index contributed by atoms with van der Waals surface area (Å²) in [4.78, 5) is 11.2. The fourth-order valence-electron chi connectivity index (χ4n) is 1.36. The molecule has 0 fully saturated rings. The first-order chi connectivity index (χ1) is 7.20. The van der Waals surface area contributed by atoms with E-state index in [0.717, 1.165) is 10.0 Å². The summed E-state index contributed by atoms with van der Waals surface area (Å²) in [5.41, 5.74) is 0.888. The molecule has 0 unspecified atom stereocenters. The summed E-state index contributed by atoms with van der Waals surface area (Å²) in [6, 6.07) is 3.64. The Morgan fingerprint density at radius 1 is 1.47 bits per heavy atom. The largest absolute Gasteiger partial charge is 0.454 e. The van der Waals surface area contributed by atoms with Crippen LogP contribution in [0, 0.1) is 0 Å². The number of benzene rings is 1. The Morgan fingerprint density at radius 2 is 2.13 bits per heavy atom. The molecule has 1 aliphatic heterocycles. The third-order valence-corrected chi connectivity index (χ3v) is 2.91. The second-order valence-corrected chi connectivity index (χ2v) is 4.00. The maximum absolute atomic E-state index is 11.2. The summed E-state index contributed by atoms with van der Waals surface area (Å²) in [5, 5.41) is 2.58. The van der Waals surface area contributed by atoms with E-state index >= 15 is 0 Å². The highest BCUT2D eigenvalue weighted by molar-refractivity contribution is 9.10. The predicted molar refractivity (Wildman–Crippen MR) is 58.0 cm³/mol. The lowest BCUT2D eigenvalue weighted by atomic mass is 10.1. The van der Waals surface area contributed by atoms with Crippen LogP contribution in [0.5, 0.6) is 11.5 Å². The summed E-state index contributed by atoms with van der Waals surface area (Å²) in [6.07, 6.45) is 0.327. The molecule has 0 spiro atoms. The average molecular weight is 272 g/mol. The Hall–Kier alpha value is -1.23. The van der Waals surface area contributed by atoms with E-state index in [9.17, 15) is 4.79 Å². The topological polar surface area (TPSA) is 47.6 Å². The number of amides is 1. The van der Waals surface area contributed by atoms with Crippen LogP contribution in [0.4, 0.5) is 0 Å². The van der Waals surface area contributed by atoms with Gasteiger partial charge in [0.2, 0.25) is 12.7 Å². The molecule has 1 N–H and O–H groups in total. The molecule has 1 aliphatic rings. The number of likely N-dealkylation sites (N-methyl/N-ethyl adjacent to an activating group) is 1. The number of ether oxygens (including phenoxy) is 2. The molecule has 0 saturated heterocycles. The van der Waals surface area contributed by atoms with Gasteiger partial charge in [-0.15, -0.1) is 0 Å². The molecule has 80 valence electrons. The molecule has 1 aromatic carbocycles. The molecule has 4 nitrogen and oxygen atoms in total. The second kappa shape index (κ2) is 4.10. The number of hydrogen-bond donors (Lipinski definition) is 1. The molecular formula is C10H10BrNO3. The zero-order chi connectivity index (χ0) is 10.8. The number of carbonyl (C=O) groups is 1. The number of carbonyl (C=O) groups excluding carboxylic acids is 1. The maximum atomic E-state index is 11.2. The fraction of sp³-hybridized carbons (Fsp3) is 0.300. The van der Waals surface area contributed by atoms with Gasteiger partial charge >= 0.3 is 0 Å². The third-order valence-electron chi connectivity index (χ3n) is 2.17. The molecule has 15 heavy (non-hydrogen) atoms. The summed E-state index contributed by atoms with van der Waals surface area (Å²) >= 11 is 3.39. The molecule has 0 saturated carbocycles. The van der Waals surface area contributed by atoms with Gasteiger partial charge in [-0.25, -0.2) is 0 Å². The summed E-state index contributed by atoms with van der Waals surface area (Å²) in [7, 11) is 1.61. The number of rotatable bonds is 2. The highest BCUT2D eigenvalue weighted by Gasteiger charge is 2.17. The van der Waals surface area contributed by atoms with E-state index in [0.29, 0.717) is 17.9 Å². The van der Waals surface area contributed by atoms with Crippen LogP contribution in [0.25, 0.3) is 0 Å². The number of halogens is 1. The van der Waals surface area contributed by atoms with E-state index < -0.39 is 0 Å². The van der Waals surface area contributed by atoms with E-state index in [-0.39, 0.29) is 12.7 Å². The van der Waals surface area contributed by atoms with Crippen molar-refractivity contribution in [2.24, 2.45) is 0 Å². The van der Waals surface area contributed by atoms with Crippen LogP contribution in [0.2, 0.25) is 0 Å². The lowest BCUT2D eigenvalue weighted by Gasteiger charge is -2.05. The van der Waals surface area contributed by atoms with Crippen molar-refractivity contribution >= 4 is 21.8 Å². The highest BCUT2D eigenvalue weighted by Crippen LogP contribution is 2.36. The van der Waals surface area contributed by atoms with Gasteiger partial charge in [0, 0.05) is 11.5 Å². The van der Waals surface area contributed by atoms with Crippen molar-refractivity contribution < 1.29 is 14.3 Å². The van der Waals surface area contributed by atoms with Gasteiger partial charge < -0.3 is 14.8 Å². The smallest absolute Gasteiger partial charge is 0.231 e. The van der Waals surface area contributed by atoms with Crippen LogP contribution in [-0.2, 0) is 11.2 Å². The Kier molecular flexibility index (Phi) is 2.81. The van der Waals surface area contributed by atoms with Gasteiger partial charge in [-0.2, -0.15) is 0 Å². The lowest BCUT2D eigenvalue weighted by Crippen LogP contribution is -2.20. The van der Waals surface area contributed by atoms with Gasteiger partial charge in [-0.1, -0.05) is 15.9 Å². The van der Waals surface area contributed by atoms with E-state index in [1.807, 2.05) is 12.1 Å². The van der Waals surface area contributed by atoms with Crippen molar-refractivity contribution in [1.82, 2.24) is 5.32 Å². The zero-order valence-electron chi connectivity index (χ0n) is 8.17. The predicted octanol–water partition coefficient (Wildman–Crippen LogP) is 1.47. The molecule has 0 bridgehead atoms.